The van der Waals surface area contributed by atoms with Crippen molar-refractivity contribution in [3.05, 3.63) is 30.1 Å². The van der Waals surface area contributed by atoms with Crippen LogP contribution in [0, 0.1) is 17.2 Å². The Balaban J connectivity index is 1.58. The highest BCUT2D eigenvalue weighted by Gasteiger charge is 2.58. The Morgan fingerprint density at radius 2 is 1.80 bits per heavy atom. The number of nitrogens with zero attached hydrogens (tertiary/aromatic N) is 2. The highest BCUT2D eigenvalue weighted by Crippen LogP contribution is 2.47. The molecule has 1 aliphatic heterocycles. The zero-order valence-electron chi connectivity index (χ0n) is 14.9. The van der Waals surface area contributed by atoms with Crippen LogP contribution in [0.2, 0.25) is 0 Å². The van der Waals surface area contributed by atoms with Gasteiger partial charge in [0.2, 0.25) is 11.8 Å². The molecule has 1 N–H and O–H groups in total. The maximum atomic E-state index is 13.9. The van der Waals surface area contributed by atoms with E-state index >= 15 is 0 Å². The van der Waals surface area contributed by atoms with Gasteiger partial charge < -0.3 is 15.1 Å². The Labute approximate surface area is 148 Å². The fraction of sp³-hybridized carbons (Fsp3) is 0.579. The lowest BCUT2D eigenvalue weighted by molar-refractivity contribution is -0.144. The summed E-state index contributed by atoms with van der Waals surface area (Å²) in [4.78, 5) is 29.0. The number of hydrogen-bond donors (Lipinski definition) is 1. The summed E-state index contributed by atoms with van der Waals surface area (Å²) < 4.78 is 13.9. The average Bonchev–Trinajstić information content (AvgIpc) is 3.41. The van der Waals surface area contributed by atoms with Crippen LogP contribution >= 0.6 is 0 Å². The molecule has 1 saturated carbocycles. The van der Waals surface area contributed by atoms with E-state index in [1.54, 1.807) is 17.0 Å². The molecule has 3 rings (SSSR count). The zero-order valence-corrected chi connectivity index (χ0v) is 14.9. The third-order valence-electron chi connectivity index (χ3n) is 5.02. The van der Waals surface area contributed by atoms with Crippen molar-refractivity contribution in [3.8, 4) is 0 Å². The van der Waals surface area contributed by atoms with Crippen LogP contribution < -0.4 is 10.2 Å². The van der Waals surface area contributed by atoms with E-state index in [1.807, 2.05) is 24.8 Å². The van der Waals surface area contributed by atoms with Crippen LogP contribution in [0.1, 0.15) is 26.7 Å². The molecule has 1 saturated heterocycles. The molecule has 1 aliphatic carbocycles. The lowest BCUT2D eigenvalue weighted by Crippen LogP contribution is -2.53. The lowest BCUT2D eigenvalue weighted by Gasteiger charge is -2.37. The number of rotatable bonds is 5. The van der Waals surface area contributed by atoms with E-state index < -0.39 is 5.41 Å². The van der Waals surface area contributed by atoms with Crippen molar-refractivity contribution < 1.29 is 14.0 Å². The monoisotopic (exact) mass is 347 g/mol. The summed E-state index contributed by atoms with van der Waals surface area (Å²) in [5.74, 6) is -0.0853. The summed E-state index contributed by atoms with van der Waals surface area (Å²) in [6.07, 6.45) is 1.26. The standard InChI is InChI=1S/C19H26FN3O2/c1-14(2)13-21-17(24)19(7-8-19)18(25)23-11-9-22(10-12-23)16-6-4-3-5-15(16)20/h3-6,14H,7-13H2,1-2H3,(H,21,24). The van der Waals surface area contributed by atoms with Crippen molar-refractivity contribution >= 4 is 17.5 Å². The maximum Gasteiger partial charge on any atom is 0.238 e. The second-order valence-electron chi connectivity index (χ2n) is 7.42. The number of hydrogen-bond acceptors (Lipinski definition) is 3. The first-order valence-corrected chi connectivity index (χ1v) is 9.01. The van der Waals surface area contributed by atoms with Gasteiger partial charge in [-0.05, 0) is 30.9 Å². The summed E-state index contributed by atoms with van der Waals surface area (Å²) >= 11 is 0. The topological polar surface area (TPSA) is 52.7 Å². The minimum absolute atomic E-state index is 0.0676. The first-order valence-electron chi connectivity index (χ1n) is 9.01. The van der Waals surface area contributed by atoms with E-state index in [0.717, 1.165) is 0 Å². The van der Waals surface area contributed by atoms with Gasteiger partial charge in [0, 0.05) is 32.7 Å². The number of benzene rings is 1. The molecule has 5 nitrogen and oxygen atoms in total. The van der Waals surface area contributed by atoms with Gasteiger partial charge in [0.15, 0.2) is 0 Å². The smallest absolute Gasteiger partial charge is 0.238 e. The van der Waals surface area contributed by atoms with Crippen LogP contribution in [0.25, 0.3) is 0 Å². The van der Waals surface area contributed by atoms with Gasteiger partial charge in [-0.3, -0.25) is 9.59 Å². The van der Waals surface area contributed by atoms with Gasteiger partial charge in [-0.2, -0.15) is 0 Å². The van der Waals surface area contributed by atoms with Crippen molar-refractivity contribution in [2.45, 2.75) is 26.7 Å². The Bertz CT molecular complexity index is 650. The fourth-order valence-electron chi connectivity index (χ4n) is 3.29. The number of amides is 2. The average molecular weight is 347 g/mol. The number of carbonyl (C=O) groups is 2. The van der Waals surface area contributed by atoms with Crippen molar-refractivity contribution in [3.63, 3.8) is 0 Å². The van der Waals surface area contributed by atoms with Gasteiger partial charge in [-0.25, -0.2) is 4.39 Å². The van der Waals surface area contributed by atoms with E-state index in [1.165, 1.54) is 6.07 Å². The molecule has 2 amide bonds. The number of para-hydroxylation sites is 1. The molecule has 0 spiro atoms. The molecule has 0 aromatic heterocycles. The van der Waals surface area contributed by atoms with Gasteiger partial charge in [-0.1, -0.05) is 26.0 Å². The van der Waals surface area contributed by atoms with Crippen molar-refractivity contribution in [1.82, 2.24) is 10.2 Å². The van der Waals surface area contributed by atoms with Crippen LogP contribution in [0.4, 0.5) is 10.1 Å². The van der Waals surface area contributed by atoms with Crippen LogP contribution in [0.3, 0.4) is 0 Å². The highest BCUT2D eigenvalue weighted by atomic mass is 19.1. The van der Waals surface area contributed by atoms with Gasteiger partial charge in [-0.15, -0.1) is 0 Å². The molecule has 6 heteroatoms. The molecular formula is C19H26FN3O2. The molecule has 25 heavy (non-hydrogen) atoms. The molecule has 2 fully saturated rings. The van der Waals surface area contributed by atoms with Gasteiger partial charge in [0.1, 0.15) is 11.2 Å². The number of anilines is 1. The molecule has 1 aromatic rings. The second-order valence-corrected chi connectivity index (χ2v) is 7.42. The fourth-order valence-corrected chi connectivity index (χ4v) is 3.29. The van der Waals surface area contributed by atoms with E-state index in [0.29, 0.717) is 57.2 Å². The summed E-state index contributed by atoms with van der Waals surface area (Å²) in [7, 11) is 0. The first kappa shape index (κ1) is 17.7. The van der Waals surface area contributed by atoms with Crippen molar-refractivity contribution in [2.75, 3.05) is 37.6 Å². The van der Waals surface area contributed by atoms with Crippen molar-refractivity contribution in [1.29, 1.82) is 0 Å². The minimum Gasteiger partial charge on any atom is -0.366 e. The van der Waals surface area contributed by atoms with Crippen molar-refractivity contribution in [2.24, 2.45) is 11.3 Å². The summed E-state index contributed by atoms with van der Waals surface area (Å²) in [6.45, 7) is 6.85. The molecule has 1 aromatic carbocycles. The second kappa shape index (κ2) is 7.02. The summed E-state index contributed by atoms with van der Waals surface area (Å²) in [5, 5.41) is 2.90. The van der Waals surface area contributed by atoms with Crippen LogP contribution in [0.15, 0.2) is 24.3 Å². The molecule has 1 heterocycles. The Hall–Kier alpha value is -2.11. The lowest BCUT2D eigenvalue weighted by atomic mass is 10.0. The summed E-state index contributed by atoms with van der Waals surface area (Å²) in [5.41, 5.74) is -0.278. The van der Waals surface area contributed by atoms with E-state index in [9.17, 15) is 14.0 Å². The normalized spacial score (nSPS) is 19.0. The molecule has 2 aliphatic rings. The maximum absolute atomic E-state index is 13.9. The summed E-state index contributed by atoms with van der Waals surface area (Å²) in [6, 6.07) is 6.69. The predicted molar refractivity (Wildman–Crippen MR) is 94.7 cm³/mol. The highest BCUT2D eigenvalue weighted by molar-refractivity contribution is 6.07. The first-order chi connectivity index (χ1) is 11.9. The van der Waals surface area contributed by atoms with Crippen LogP contribution in [-0.2, 0) is 9.59 Å². The number of nitrogens with one attached hydrogen (secondary N) is 1. The van der Waals surface area contributed by atoms with Gasteiger partial charge >= 0.3 is 0 Å². The van der Waals surface area contributed by atoms with Crippen LogP contribution in [-0.4, -0.2) is 49.4 Å². The number of piperazine rings is 1. The van der Waals surface area contributed by atoms with Crippen LogP contribution in [0.5, 0.6) is 0 Å². The third-order valence-corrected chi connectivity index (χ3v) is 5.02. The van der Waals surface area contributed by atoms with E-state index in [4.69, 9.17) is 0 Å². The third kappa shape index (κ3) is 3.62. The Kier molecular flexibility index (Phi) is 4.97. The Morgan fingerprint density at radius 3 is 2.36 bits per heavy atom. The zero-order chi connectivity index (χ0) is 18.0. The molecule has 0 radical (unpaired) electrons. The van der Waals surface area contributed by atoms with Gasteiger partial charge in [0.25, 0.3) is 0 Å². The molecule has 0 unspecified atom stereocenters. The minimum atomic E-state index is -0.852. The SMILES string of the molecule is CC(C)CNC(=O)C1(C(=O)N2CCN(c3ccccc3F)CC2)CC1. The Morgan fingerprint density at radius 1 is 1.16 bits per heavy atom. The largest absolute Gasteiger partial charge is 0.366 e. The van der Waals surface area contributed by atoms with Gasteiger partial charge in [0.05, 0.1) is 5.69 Å². The number of halogens is 1. The molecule has 0 bridgehead atoms. The molecule has 136 valence electrons. The van der Waals surface area contributed by atoms with E-state index in [-0.39, 0.29) is 17.6 Å². The quantitative estimate of drug-likeness (QED) is 0.829. The predicted octanol–water partition coefficient (Wildman–Crippen LogP) is 2.03. The number of carbonyl (C=O) groups excluding carboxylic acids is 2. The molecule has 0 atom stereocenters. The molecular weight excluding hydrogens is 321 g/mol. The van der Waals surface area contributed by atoms with E-state index in [2.05, 4.69) is 5.32 Å².